The molecule has 0 radical (unpaired) electrons. The molecule has 0 aliphatic rings. The summed E-state index contributed by atoms with van der Waals surface area (Å²) in [5.41, 5.74) is -1.70. The summed E-state index contributed by atoms with van der Waals surface area (Å²) in [7, 11) is 0. The normalized spacial score (nSPS) is 11.1. The molecule has 0 unspecified atom stereocenters. The lowest BCUT2D eigenvalue weighted by Crippen LogP contribution is -2.45. The number of aromatic nitrogens is 1. The van der Waals surface area contributed by atoms with Crippen LogP contribution in [0.4, 0.5) is 25.0 Å². The van der Waals surface area contributed by atoms with Crippen LogP contribution < -0.4 is 9.64 Å². The van der Waals surface area contributed by atoms with Crippen LogP contribution in [0, 0.1) is 21.7 Å². The SMILES string of the molecule is CC(C)(C)N(C(=O)O)c1cc(Oc2ccc([N+](=O)[O-])cn2)c(F)cc1F. The fourth-order valence-corrected chi connectivity index (χ4v) is 2.17. The summed E-state index contributed by atoms with van der Waals surface area (Å²) in [6.07, 6.45) is -0.515. The third kappa shape index (κ3) is 4.02. The van der Waals surface area contributed by atoms with Crippen LogP contribution in [0.25, 0.3) is 0 Å². The summed E-state index contributed by atoms with van der Waals surface area (Å²) in [5.74, 6) is -2.81. The first-order chi connectivity index (χ1) is 12.0. The molecule has 0 aliphatic carbocycles. The third-order valence-corrected chi connectivity index (χ3v) is 3.25. The van der Waals surface area contributed by atoms with E-state index in [2.05, 4.69) is 4.98 Å². The maximum absolute atomic E-state index is 14.2. The first kappa shape index (κ1) is 19.0. The summed E-state index contributed by atoms with van der Waals surface area (Å²) in [5, 5.41) is 20.0. The quantitative estimate of drug-likeness (QED) is 0.636. The van der Waals surface area contributed by atoms with Crippen molar-refractivity contribution in [2.75, 3.05) is 4.90 Å². The second kappa shape index (κ2) is 6.90. The molecule has 1 amide bonds. The van der Waals surface area contributed by atoms with Crippen molar-refractivity contribution < 1.29 is 28.3 Å². The van der Waals surface area contributed by atoms with Crippen LogP contribution in [0.3, 0.4) is 0 Å². The van der Waals surface area contributed by atoms with Crippen LogP contribution in [0.5, 0.6) is 11.6 Å². The van der Waals surface area contributed by atoms with Crippen molar-refractivity contribution in [1.29, 1.82) is 0 Å². The van der Waals surface area contributed by atoms with Gasteiger partial charge in [-0.15, -0.1) is 0 Å². The Morgan fingerprint density at radius 2 is 1.92 bits per heavy atom. The summed E-state index contributed by atoms with van der Waals surface area (Å²) in [6, 6.07) is 3.63. The first-order valence-corrected chi connectivity index (χ1v) is 7.31. The summed E-state index contributed by atoms with van der Waals surface area (Å²) in [4.78, 5) is 25.8. The van der Waals surface area contributed by atoms with Gasteiger partial charge in [-0.25, -0.2) is 18.6 Å². The minimum absolute atomic E-state index is 0.176. The molecule has 1 N–H and O–H groups in total. The maximum atomic E-state index is 14.2. The summed E-state index contributed by atoms with van der Waals surface area (Å²) in [6.45, 7) is 4.63. The number of amides is 1. The summed E-state index contributed by atoms with van der Waals surface area (Å²) < 4.78 is 33.4. The van der Waals surface area contributed by atoms with Crippen molar-refractivity contribution in [3.05, 3.63) is 52.2 Å². The number of halogens is 2. The Bertz CT molecular complexity index is 850. The van der Waals surface area contributed by atoms with Gasteiger partial charge in [0.25, 0.3) is 5.69 Å². The molecule has 2 rings (SSSR count). The second-order valence-corrected chi connectivity index (χ2v) is 6.24. The number of nitro groups is 1. The first-order valence-electron chi connectivity index (χ1n) is 7.31. The maximum Gasteiger partial charge on any atom is 0.412 e. The van der Waals surface area contributed by atoms with E-state index >= 15 is 0 Å². The number of hydrogen-bond donors (Lipinski definition) is 1. The Morgan fingerprint density at radius 3 is 2.38 bits per heavy atom. The molecule has 1 aromatic carbocycles. The van der Waals surface area contributed by atoms with E-state index in [1.165, 1.54) is 0 Å². The van der Waals surface area contributed by atoms with Crippen molar-refractivity contribution in [2.24, 2.45) is 0 Å². The average Bonchev–Trinajstić information content (AvgIpc) is 2.50. The molecule has 1 aromatic heterocycles. The predicted molar refractivity (Wildman–Crippen MR) is 87.6 cm³/mol. The number of benzene rings is 1. The van der Waals surface area contributed by atoms with Crippen LogP contribution in [-0.4, -0.2) is 26.6 Å². The molecule has 0 saturated carbocycles. The smallest absolute Gasteiger partial charge is 0.412 e. The van der Waals surface area contributed by atoms with Crippen molar-refractivity contribution in [2.45, 2.75) is 26.3 Å². The molecule has 1 heterocycles. The Hall–Kier alpha value is -3.30. The van der Waals surface area contributed by atoms with Crippen LogP contribution in [-0.2, 0) is 0 Å². The van der Waals surface area contributed by atoms with Gasteiger partial charge in [0.1, 0.15) is 12.0 Å². The molecule has 0 aliphatic heterocycles. The number of rotatable bonds is 4. The molecular formula is C16H15F2N3O5. The molecule has 0 fully saturated rings. The van der Waals surface area contributed by atoms with E-state index in [4.69, 9.17) is 4.74 Å². The van der Waals surface area contributed by atoms with Gasteiger partial charge >= 0.3 is 6.09 Å². The highest BCUT2D eigenvalue weighted by atomic mass is 19.1. The van der Waals surface area contributed by atoms with E-state index in [0.717, 1.165) is 29.3 Å². The molecule has 0 atom stereocenters. The van der Waals surface area contributed by atoms with E-state index < -0.39 is 39.6 Å². The van der Waals surface area contributed by atoms with Gasteiger partial charge in [0.05, 0.1) is 10.6 Å². The zero-order chi connectivity index (χ0) is 19.6. The zero-order valence-electron chi connectivity index (χ0n) is 14.1. The van der Waals surface area contributed by atoms with E-state index in [-0.39, 0.29) is 11.6 Å². The van der Waals surface area contributed by atoms with E-state index in [0.29, 0.717) is 6.07 Å². The molecule has 26 heavy (non-hydrogen) atoms. The van der Waals surface area contributed by atoms with Crippen molar-refractivity contribution in [3.63, 3.8) is 0 Å². The molecule has 10 heteroatoms. The van der Waals surface area contributed by atoms with Gasteiger partial charge in [-0.1, -0.05) is 0 Å². The lowest BCUT2D eigenvalue weighted by molar-refractivity contribution is -0.385. The van der Waals surface area contributed by atoms with Crippen LogP contribution in [0.15, 0.2) is 30.5 Å². The fourth-order valence-electron chi connectivity index (χ4n) is 2.17. The van der Waals surface area contributed by atoms with Crippen LogP contribution >= 0.6 is 0 Å². The number of pyridine rings is 1. The molecule has 8 nitrogen and oxygen atoms in total. The highest BCUT2D eigenvalue weighted by molar-refractivity contribution is 5.88. The van der Waals surface area contributed by atoms with Gasteiger partial charge in [0, 0.05) is 29.8 Å². The Labute approximate surface area is 146 Å². The number of carbonyl (C=O) groups is 1. The minimum atomic E-state index is -1.43. The lowest BCUT2D eigenvalue weighted by atomic mass is 10.1. The number of carboxylic acid groups (broad SMARTS) is 1. The average molecular weight is 367 g/mol. The van der Waals surface area contributed by atoms with Gasteiger partial charge in [-0.05, 0) is 20.8 Å². The highest BCUT2D eigenvalue weighted by Gasteiger charge is 2.31. The van der Waals surface area contributed by atoms with Crippen molar-refractivity contribution in [3.8, 4) is 11.6 Å². The topological polar surface area (TPSA) is 106 Å². The van der Waals surface area contributed by atoms with E-state index in [1.54, 1.807) is 20.8 Å². The Kier molecular flexibility index (Phi) is 5.05. The largest absolute Gasteiger partial charge is 0.465 e. The number of ether oxygens (including phenoxy) is 1. The molecule has 2 aromatic rings. The van der Waals surface area contributed by atoms with Gasteiger partial charge in [-0.3, -0.25) is 15.0 Å². The molecule has 0 saturated heterocycles. The number of nitrogens with zero attached hydrogens (tertiary/aromatic N) is 3. The third-order valence-electron chi connectivity index (χ3n) is 3.25. The molecular weight excluding hydrogens is 352 g/mol. The monoisotopic (exact) mass is 367 g/mol. The predicted octanol–water partition coefficient (Wildman–Crippen LogP) is 4.34. The van der Waals surface area contributed by atoms with Gasteiger partial charge in [-0.2, -0.15) is 0 Å². The van der Waals surface area contributed by atoms with Gasteiger partial charge in [0.2, 0.25) is 5.88 Å². The second-order valence-electron chi connectivity index (χ2n) is 6.24. The van der Waals surface area contributed by atoms with Crippen molar-refractivity contribution in [1.82, 2.24) is 4.98 Å². The molecule has 0 spiro atoms. The Morgan fingerprint density at radius 1 is 1.27 bits per heavy atom. The van der Waals surface area contributed by atoms with Gasteiger partial charge < -0.3 is 9.84 Å². The minimum Gasteiger partial charge on any atom is -0.465 e. The van der Waals surface area contributed by atoms with E-state index in [9.17, 15) is 28.8 Å². The van der Waals surface area contributed by atoms with Crippen molar-refractivity contribution >= 4 is 17.5 Å². The Balaban J connectivity index is 2.44. The molecule has 0 bridgehead atoms. The van der Waals surface area contributed by atoms with Gasteiger partial charge in [0.15, 0.2) is 11.6 Å². The highest BCUT2D eigenvalue weighted by Crippen LogP contribution is 2.34. The standard InChI is InChI=1S/C16H15F2N3O5/c1-16(2,3)20(15(22)23)12-7-13(11(18)6-10(12)17)26-14-5-4-9(8-19-14)21(24)25/h4-8H,1-3H3,(H,22,23). The van der Waals surface area contributed by atoms with Crippen LogP contribution in [0.1, 0.15) is 20.8 Å². The van der Waals surface area contributed by atoms with Crippen LogP contribution in [0.2, 0.25) is 0 Å². The van der Waals surface area contributed by atoms with E-state index in [1.807, 2.05) is 0 Å². The number of anilines is 1. The summed E-state index contributed by atoms with van der Waals surface area (Å²) >= 11 is 0. The molecule has 138 valence electrons. The number of hydrogen-bond acceptors (Lipinski definition) is 5. The lowest BCUT2D eigenvalue weighted by Gasteiger charge is -2.33. The fraction of sp³-hybridized carbons (Fsp3) is 0.250. The zero-order valence-corrected chi connectivity index (χ0v) is 14.1.